The number of nitrogens with one attached hydrogen (secondary N) is 1. The number of hydrogen-bond donors (Lipinski definition) is 2. The van der Waals surface area contributed by atoms with Crippen LogP contribution in [0, 0.1) is 11.8 Å². The van der Waals surface area contributed by atoms with Crippen molar-refractivity contribution in [1.82, 2.24) is 10.2 Å². The van der Waals surface area contributed by atoms with Crippen molar-refractivity contribution in [1.29, 1.82) is 0 Å². The van der Waals surface area contributed by atoms with Crippen LogP contribution in [0.15, 0.2) is 30.3 Å². The predicted octanol–water partition coefficient (Wildman–Crippen LogP) is 2.74. The standard InChI is InChI=1S/C20H30N2O2/c23-15-16-10-12-22(13-11-16)14-19(24)21-20(18-8-4-5-9-18)17-6-2-1-3-7-17/h1-3,6-7,16,18,20,23H,4-5,8-15H2,(H,21,24). The van der Waals surface area contributed by atoms with Gasteiger partial charge in [0.2, 0.25) is 5.91 Å². The minimum absolute atomic E-state index is 0.137. The molecule has 24 heavy (non-hydrogen) atoms. The van der Waals surface area contributed by atoms with Gasteiger partial charge in [-0.25, -0.2) is 0 Å². The van der Waals surface area contributed by atoms with Crippen LogP contribution in [0.1, 0.15) is 50.1 Å². The van der Waals surface area contributed by atoms with Crippen molar-refractivity contribution >= 4 is 5.91 Å². The molecule has 3 rings (SSSR count). The monoisotopic (exact) mass is 330 g/mol. The summed E-state index contributed by atoms with van der Waals surface area (Å²) in [5.74, 6) is 1.12. The number of rotatable bonds is 6. The molecule has 1 aromatic carbocycles. The first-order valence-electron chi connectivity index (χ1n) is 9.44. The van der Waals surface area contributed by atoms with E-state index in [9.17, 15) is 9.90 Å². The Balaban J connectivity index is 1.57. The highest BCUT2D eigenvalue weighted by molar-refractivity contribution is 5.78. The average Bonchev–Trinajstić information content (AvgIpc) is 3.15. The zero-order valence-electron chi connectivity index (χ0n) is 14.5. The Kier molecular flexibility index (Phi) is 6.27. The third-order valence-corrected chi connectivity index (χ3v) is 5.68. The van der Waals surface area contributed by atoms with Gasteiger partial charge in [-0.05, 0) is 56.2 Å². The van der Waals surface area contributed by atoms with Crippen LogP contribution in [0.3, 0.4) is 0 Å². The van der Waals surface area contributed by atoms with Crippen LogP contribution in [0.2, 0.25) is 0 Å². The van der Waals surface area contributed by atoms with Crippen LogP contribution in [0.4, 0.5) is 0 Å². The Morgan fingerprint density at radius 2 is 1.79 bits per heavy atom. The second-order valence-corrected chi connectivity index (χ2v) is 7.40. The largest absolute Gasteiger partial charge is 0.396 e. The molecule has 1 amide bonds. The minimum atomic E-state index is 0.137. The first-order chi connectivity index (χ1) is 11.8. The molecule has 1 aromatic rings. The number of hydrogen-bond acceptors (Lipinski definition) is 3. The Hall–Kier alpha value is -1.39. The summed E-state index contributed by atoms with van der Waals surface area (Å²) in [6.45, 7) is 2.59. The number of piperidine rings is 1. The number of carbonyl (C=O) groups is 1. The summed E-state index contributed by atoms with van der Waals surface area (Å²) in [4.78, 5) is 14.8. The van der Waals surface area contributed by atoms with E-state index in [1.165, 1.54) is 31.2 Å². The van der Waals surface area contributed by atoms with Gasteiger partial charge in [-0.1, -0.05) is 43.2 Å². The van der Waals surface area contributed by atoms with E-state index in [4.69, 9.17) is 0 Å². The lowest BCUT2D eigenvalue weighted by molar-refractivity contribution is -0.123. The van der Waals surface area contributed by atoms with E-state index < -0.39 is 0 Å². The quantitative estimate of drug-likeness (QED) is 0.843. The molecule has 2 aliphatic rings. The second kappa shape index (κ2) is 8.63. The molecule has 1 heterocycles. The third kappa shape index (κ3) is 4.58. The Labute approximate surface area is 145 Å². The van der Waals surface area contributed by atoms with Gasteiger partial charge >= 0.3 is 0 Å². The molecule has 0 bridgehead atoms. The smallest absolute Gasteiger partial charge is 0.234 e. The minimum Gasteiger partial charge on any atom is -0.396 e. The zero-order chi connectivity index (χ0) is 16.8. The fourth-order valence-electron chi connectivity index (χ4n) is 4.17. The summed E-state index contributed by atoms with van der Waals surface area (Å²) in [5, 5.41) is 12.5. The third-order valence-electron chi connectivity index (χ3n) is 5.68. The van der Waals surface area contributed by atoms with E-state index in [1.54, 1.807) is 0 Å². The summed E-state index contributed by atoms with van der Waals surface area (Å²) in [6, 6.07) is 10.6. The lowest BCUT2D eigenvalue weighted by atomic mass is 9.91. The van der Waals surface area contributed by atoms with Crippen molar-refractivity contribution in [2.75, 3.05) is 26.2 Å². The Morgan fingerprint density at radius 3 is 2.42 bits per heavy atom. The van der Waals surface area contributed by atoms with Gasteiger partial charge in [0.25, 0.3) is 0 Å². The van der Waals surface area contributed by atoms with Gasteiger partial charge in [-0.2, -0.15) is 0 Å². The van der Waals surface area contributed by atoms with Gasteiger partial charge in [0.05, 0.1) is 12.6 Å². The van der Waals surface area contributed by atoms with E-state index in [0.717, 1.165) is 25.9 Å². The molecule has 2 N–H and O–H groups in total. The SMILES string of the molecule is O=C(CN1CCC(CO)CC1)NC(c1ccccc1)C1CCCC1. The lowest BCUT2D eigenvalue weighted by Crippen LogP contribution is -2.43. The highest BCUT2D eigenvalue weighted by atomic mass is 16.3. The van der Waals surface area contributed by atoms with E-state index in [1.807, 2.05) is 6.07 Å². The van der Waals surface area contributed by atoms with E-state index in [-0.39, 0.29) is 18.6 Å². The van der Waals surface area contributed by atoms with Crippen LogP contribution in [-0.2, 0) is 4.79 Å². The van der Waals surface area contributed by atoms with Gasteiger partial charge in [-0.15, -0.1) is 0 Å². The highest BCUT2D eigenvalue weighted by Crippen LogP contribution is 2.35. The van der Waals surface area contributed by atoms with Crippen LogP contribution in [0.25, 0.3) is 0 Å². The van der Waals surface area contributed by atoms with Crippen molar-refractivity contribution in [2.45, 2.75) is 44.6 Å². The topological polar surface area (TPSA) is 52.6 Å². The summed E-state index contributed by atoms with van der Waals surface area (Å²) in [6.07, 6.45) is 6.96. The number of benzene rings is 1. The molecule has 4 nitrogen and oxygen atoms in total. The Bertz CT molecular complexity index is 506. The molecule has 0 spiro atoms. The molecule has 1 saturated carbocycles. The molecule has 0 aromatic heterocycles. The lowest BCUT2D eigenvalue weighted by Gasteiger charge is -2.32. The normalized spacial score (nSPS) is 21.7. The van der Waals surface area contributed by atoms with E-state index in [2.05, 4.69) is 34.5 Å². The molecule has 1 saturated heterocycles. The average molecular weight is 330 g/mol. The number of aliphatic hydroxyl groups excluding tert-OH is 1. The van der Waals surface area contributed by atoms with Crippen LogP contribution in [0.5, 0.6) is 0 Å². The molecule has 0 radical (unpaired) electrons. The maximum atomic E-state index is 12.6. The second-order valence-electron chi connectivity index (χ2n) is 7.40. The highest BCUT2D eigenvalue weighted by Gasteiger charge is 2.28. The van der Waals surface area contributed by atoms with Crippen LogP contribution in [-0.4, -0.2) is 42.2 Å². The first kappa shape index (κ1) is 17.4. The molecule has 1 aliphatic heterocycles. The van der Waals surface area contributed by atoms with E-state index >= 15 is 0 Å². The number of nitrogens with zero attached hydrogens (tertiary/aromatic N) is 1. The van der Waals surface area contributed by atoms with E-state index in [0.29, 0.717) is 18.4 Å². The Morgan fingerprint density at radius 1 is 1.12 bits per heavy atom. The van der Waals surface area contributed by atoms with Crippen LogP contribution >= 0.6 is 0 Å². The molecule has 1 unspecified atom stereocenters. The molecule has 1 atom stereocenters. The summed E-state index contributed by atoms with van der Waals surface area (Å²) < 4.78 is 0. The summed E-state index contributed by atoms with van der Waals surface area (Å²) in [7, 11) is 0. The fraction of sp³-hybridized carbons (Fsp3) is 0.650. The van der Waals surface area contributed by atoms with Crippen molar-refractivity contribution in [2.24, 2.45) is 11.8 Å². The van der Waals surface area contributed by atoms with Gasteiger partial charge in [0.15, 0.2) is 0 Å². The van der Waals surface area contributed by atoms with Crippen LogP contribution < -0.4 is 5.32 Å². The predicted molar refractivity (Wildman–Crippen MR) is 95.5 cm³/mol. The van der Waals surface area contributed by atoms with Gasteiger partial charge in [-0.3, -0.25) is 9.69 Å². The molecular weight excluding hydrogens is 300 g/mol. The van der Waals surface area contributed by atoms with Crippen molar-refractivity contribution in [3.05, 3.63) is 35.9 Å². The molecule has 4 heteroatoms. The fourth-order valence-corrected chi connectivity index (χ4v) is 4.17. The molecule has 132 valence electrons. The van der Waals surface area contributed by atoms with Crippen molar-refractivity contribution < 1.29 is 9.90 Å². The van der Waals surface area contributed by atoms with Crippen molar-refractivity contribution in [3.8, 4) is 0 Å². The first-order valence-corrected chi connectivity index (χ1v) is 9.44. The number of carbonyl (C=O) groups excluding carboxylic acids is 1. The zero-order valence-corrected chi connectivity index (χ0v) is 14.5. The molecule has 1 aliphatic carbocycles. The van der Waals surface area contributed by atoms with Gasteiger partial charge in [0, 0.05) is 6.61 Å². The maximum absolute atomic E-state index is 12.6. The molecule has 2 fully saturated rings. The van der Waals surface area contributed by atoms with Gasteiger partial charge < -0.3 is 10.4 Å². The summed E-state index contributed by atoms with van der Waals surface area (Å²) >= 11 is 0. The summed E-state index contributed by atoms with van der Waals surface area (Å²) in [5.41, 5.74) is 1.23. The van der Waals surface area contributed by atoms with Gasteiger partial charge in [0.1, 0.15) is 0 Å². The molecular formula is C20H30N2O2. The number of amides is 1. The number of likely N-dealkylation sites (tertiary alicyclic amines) is 1. The maximum Gasteiger partial charge on any atom is 0.234 e. The number of aliphatic hydroxyl groups is 1. The van der Waals surface area contributed by atoms with Crippen molar-refractivity contribution in [3.63, 3.8) is 0 Å².